The standard InChI is InChI=1S/C23H19N3O4/c1-14-12-21(26-30-14)25-22(27)15(2)29-23(28)18-13-20(16-8-4-3-5-9-16)24-19-11-7-6-10-17(18)19/h3-13,15H,1-2H3,(H,25,26,27). The van der Waals surface area contributed by atoms with Crippen molar-refractivity contribution in [1.29, 1.82) is 0 Å². The Kier molecular flexibility index (Phi) is 5.26. The molecule has 1 unspecified atom stereocenters. The topological polar surface area (TPSA) is 94.3 Å². The van der Waals surface area contributed by atoms with E-state index in [4.69, 9.17) is 9.26 Å². The molecule has 0 saturated heterocycles. The van der Waals surface area contributed by atoms with Crippen molar-refractivity contribution in [3.63, 3.8) is 0 Å². The van der Waals surface area contributed by atoms with Crippen LogP contribution in [0.25, 0.3) is 22.2 Å². The lowest BCUT2D eigenvalue weighted by atomic mass is 10.0. The highest BCUT2D eigenvalue weighted by atomic mass is 16.5. The van der Waals surface area contributed by atoms with Gasteiger partial charge < -0.3 is 14.6 Å². The molecular weight excluding hydrogens is 382 g/mol. The van der Waals surface area contributed by atoms with Gasteiger partial charge in [-0.05, 0) is 26.0 Å². The van der Waals surface area contributed by atoms with E-state index in [1.165, 1.54) is 6.92 Å². The van der Waals surface area contributed by atoms with Crippen LogP contribution in [0.3, 0.4) is 0 Å². The van der Waals surface area contributed by atoms with Crippen LogP contribution in [-0.4, -0.2) is 28.1 Å². The van der Waals surface area contributed by atoms with Crippen molar-refractivity contribution in [2.24, 2.45) is 0 Å². The highest BCUT2D eigenvalue weighted by Gasteiger charge is 2.22. The fraction of sp³-hybridized carbons (Fsp3) is 0.130. The summed E-state index contributed by atoms with van der Waals surface area (Å²) in [6.07, 6.45) is -1.03. The first kappa shape index (κ1) is 19.3. The van der Waals surface area contributed by atoms with Crippen LogP contribution in [0, 0.1) is 6.92 Å². The number of amides is 1. The summed E-state index contributed by atoms with van der Waals surface area (Å²) in [6.45, 7) is 3.21. The lowest BCUT2D eigenvalue weighted by Gasteiger charge is -2.14. The van der Waals surface area contributed by atoms with E-state index in [0.717, 1.165) is 5.56 Å². The second kappa shape index (κ2) is 8.16. The number of pyridine rings is 1. The highest BCUT2D eigenvalue weighted by Crippen LogP contribution is 2.25. The molecule has 0 aliphatic heterocycles. The Morgan fingerprint density at radius 3 is 2.50 bits per heavy atom. The molecule has 7 heteroatoms. The number of aryl methyl sites for hydroxylation is 1. The first-order chi connectivity index (χ1) is 14.5. The van der Waals surface area contributed by atoms with Crippen LogP contribution in [0.1, 0.15) is 23.0 Å². The minimum Gasteiger partial charge on any atom is -0.449 e. The van der Waals surface area contributed by atoms with E-state index < -0.39 is 18.0 Å². The molecule has 7 nitrogen and oxygen atoms in total. The van der Waals surface area contributed by atoms with Gasteiger partial charge in [-0.15, -0.1) is 0 Å². The molecule has 1 amide bonds. The number of carbonyl (C=O) groups is 2. The normalized spacial score (nSPS) is 11.8. The Hall–Kier alpha value is -4.00. The lowest BCUT2D eigenvalue weighted by Crippen LogP contribution is -2.30. The Morgan fingerprint density at radius 1 is 1.03 bits per heavy atom. The molecular formula is C23H19N3O4. The monoisotopic (exact) mass is 401 g/mol. The molecule has 0 radical (unpaired) electrons. The highest BCUT2D eigenvalue weighted by molar-refractivity contribution is 6.05. The van der Waals surface area contributed by atoms with E-state index in [-0.39, 0.29) is 5.82 Å². The summed E-state index contributed by atoms with van der Waals surface area (Å²) in [4.78, 5) is 30.0. The third-order valence-electron chi connectivity index (χ3n) is 4.54. The zero-order valence-electron chi connectivity index (χ0n) is 16.5. The van der Waals surface area contributed by atoms with E-state index in [1.807, 2.05) is 48.5 Å². The molecule has 2 aromatic carbocycles. The smallest absolute Gasteiger partial charge is 0.339 e. The number of rotatable bonds is 5. The summed E-state index contributed by atoms with van der Waals surface area (Å²) in [5.41, 5.74) is 2.54. The predicted molar refractivity (Wildman–Crippen MR) is 112 cm³/mol. The fourth-order valence-electron chi connectivity index (χ4n) is 3.03. The van der Waals surface area contributed by atoms with Crippen molar-refractivity contribution in [2.45, 2.75) is 20.0 Å². The number of fused-ring (bicyclic) bond motifs is 1. The number of hydrogen-bond acceptors (Lipinski definition) is 6. The van der Waals surface area contributed by atoms with Crippen molar-refractivity contribution in [1.82, 2.24) is 10.1 Å². The van der Waals surface area contributed by atoms with Gasteiger partial charge in [0.1, 0.15) is 5.76 Å². The molecule has 0 saturated carbocycles. The molecule has 1 N–H and O–H groups in total. The molecule has 0 aliphatic carbocycles. The third-order valence-corrected chi connectivity index (χ3v) is 4.54. The van der Waals surface area contributed by atoms with E-state index in [1.54, 1.807) is 25.1 Å². The second-order valence-electron chi connectivity index (χ2n) is 6.80. The molecule has 0 spiro atoms. The van der Waals surface area contributed by atoms with E-state index in [0.29, 0.717) is 27.9 Å². The number of aromatic nitrogens is 2. The number of para-hydroxylation sites is 1. The van der Waals surface area contributed by atoms with E-state index >= 15 is 0 Å². The number of nitrogens with zero attached hydrogens (tertiary/aromatic N) is 2. The van der Waals surface area contributed by atoms with Gasteiger partial charge in [0.25, 0.3) is 5.91 Å². The molecule has 150 valence electrons. The zero-order chi connectivity index (χ0) is 21.1. The van der Waals surface area contributed by atoms with Crippen molar-refractivity contribution in [3.8, 4) is 11.3 Å². The van der Waals surface area contributed by atoms with Crippen LogP contribution in [0.4, 0.5) is 5.82 Å². The molecule has 0 fully saturated rings. The summed E-state index contributed by atoms with van der Waals surface area (Å²) in [5, 5.41) is 6.92. The largest absolute Gasteiger partial charge is 0.449 e. The predicted octanol–water partition coefficient (Wildman–Crippen LogP) is 4.38. The molecule has 2 aromatic heterocycles. The summed E-state index contributed by atoms with van der Waals surface area (Å²) in [7, 11) is 0. The first-order valence-electron chi connectivity index (χ1n) is 9.41. The summed E-state index contributed by atoms with van der Waals surface area (Å²) in [6, 6.07) is 20.1. The van der Waals surface area contributed by atoms with Gasteiger partial charge in [-0.1, -0.05) is 53.7 Å². The number of carbonyl (C=O) groups excluding carboxylic acids is 2. The van der Waals surface area contributed by atoms with Gasteiger partial charge in [0.05, 0.1) is 16.8 Å². The SMILES string of the molecule is Cc1cc(NC(=O)C(C)OC(=O)c2cc(-c3ccccc3)nc3ccccc23)no1. The zero-order valence-corrected chi connectivity index (χ0v) is 16.5. The maximum Gasteiger partial charge on any atom is 0.339 e. The van der Waals surface area contributed by atoms with Crippen molar-refractivity contribution < 1.29 is 18.8 Å². The number of nitrogens with one attached hydrogen (secondary N) is 1. The summed E-state index contributed by atoms with van der Waals surface area (Å²) in [5.74, 6) is -0.282. The first-order valence-corrected chi connectivity index (χ1v) is 9.41. The van der Waals surface area contributed by atoms with Gasteiger partial charge in [0.15, 0.2) is 11.9 Å². The Morgan fingerprint density at radius 2 is 1.77 bits per heavy atom. The minimum absolute atomic E-state index is 0.265. The number of anilines is 1. The fourth-order valence-corrected chi connectivity index (χ4v) is 3.03. The second-order valence-corrected chi connectivity index (χ2v) is 6.80. The van der Waals surface area contributed by atoms with E-state index in [9.17, 15) is 9.59 Å². The van der Waals surface area contributed by atoms with Gasteiger partial charge in [-0.3, -0.25) is 4.79 Å². The van der Waals surface area contributed by atoms with Gasteiger partial charge in [0.2, 0.25) is 0 Å². The number of benzene rings is 2. The van der Waals surface area contributed by atoms with Gasteiger partial charge in [-0.2, -0.15) is 0 Å². The molecule has 0 aliphatic rings. The van der Waals surface area contributed by atoms with Gasteiger partial charge in [-0.25, -0.2) is 9.78 Å². The van der Waals surface area contributed by atoms with Gasteiger partial charge >= 0.3 is 5.97 Å². The Bertz CT molecular complexity index is 1220. The molecule has 30 heavy (non-hydrogen) atoms. The molecule has 1 atom stereocenters. The maximum absolute atomic E-state index is 12.9. The number of hydrogen-bond donors (Lipinski definition) is 1. The molecule has 4 aromatic rings. The summed E-state index contributed by atoms with van der Waals surface area (Å²) >= 11 is 0. The third kappa shape index (κ3) is 4.05. The maximum atomic E-state index is 12.9. The van der Waals surface area contributed by atoms with Crippen molar-refractivity contribution >= 4 is 28.6 Å². The Balaban J connectivity index is 1.61. The van der Waals surface area contributed by atoms with Crippen LogP contribution in [0.5, 0.6) is 0 Å². The number of ether oxygens (including phenoxy) is 1. The molecule has 4 rings (SSSR count). The van der Waals surface area contributed by atoms with Crippen molar-refractivity contribution in [2.75, 3.05) is 5.32 Å². The number of esters is 1. The quantitative estimate of drug-likeness (QED) is 0.499. The lowest BCUT2D eigenvalue weighted by molar-refractivity contribution is -0.123. The molecule has 0 bridgehead atoms. The molecule has 2 heterocycles. The Labute approximate surface area is 172 Å². The van der Waals surface area contributed by atoms with Crippen LogP contribution in [-0.2, 0) is 9.53 Å². The average molecular weight is 401 g/mol. The summed E-state index contributed by atoms with van der Waals surface area (Å²) < 4.78 is 10.4. The minimum atomic E-state index is -1.03. The van der Waals surface area contributed by atoms with Crippen LogP contribution in [0.2, 0.25) is 0 Å². The van der Waals surface area contributed by atoms with Crippen LogP contribution >= 0.6 is 0 Å². The van der Waals surface area contributed by atoms with Crippen molar-refractivity contribution in [3.05, 3.63) is 78.1 Å². The average Bonchev–Trinajstić information content (AvgIpc) is 3.17. The van der Waals surface area contributed by atoms with Crippen LogP contribution < -0.4 is 5.32 Å². The van der Waals surface area contributed by atoms with Crippen LogP contribution in [0.15, 0.2) is 71.3 Å². The van der Waals surface area contributed by atoms with Gasteiger partial charge in [0, 0.05) is 17.0 Å². The van der Waals surface area contributed by atoms with E-state index in [2.05, 4.69) is 15.5 Å².